The van der Waals surface area contributed by atoms with Gasteiger partial charge in [0.25, 0.3) is 5.91 Å². The number of fused-ring (bicyclic) bond motifs is 1. The highest BCUT2D eigenvalue weighted by atomic mass is 16.5. The molecule has 7 nitrogen and oxygen atoms in total. The Hall–Kier alpha value is -3.48. The Morgan fingerprint density at radius 2 is 1.74 bits per heavy atom. The minimum atomic E-state index is -0.656. The molecule has 0 fully saturated rings. The summed E-state index contributed by atoms with van der Waals surface area (Å²) in [6.45, 7) is 6.74. The number of carbonyl (C=O) groups is 2. The van der Waals surface area contributed by atoms with E-state index in [1.165, 1.54) is 0 Å². The van der Waals surface area contributed by atoms with Crippen molar-refractivity contribution in [1.29, 1.82) is 0 Å². The number of carbonyl (C=O) groups excluding carboxylic acids is 2. The monoisotopic (exact) mass is 425 g/mol. The van der Waals surface area contributed by atoms with Gasteiger partial charge in [-0.15, -0.1) is 0 Å². The first-order valence-corrected chi connectivity index (χ1v) is 10.3. The summed E-state index contributed by atoms with van der Waals surface area (Å²) >= 11 is 0. The second kappa shape index (κ2) is 10.5. The van der Waals surface area contributed by atoms with E-state index in [1.54, 1.807) is 13.0 Å². The zero-order chi connectivity index (χ0) is 22.2. The van der Waals surface area contributed by atoms with Gasteiger partial charge in [-0.1, -0.05) is 24.3 Å². The molecule has 2 aromatic carbocycles. The average molecular weight is 425 g/mol. The van der Waals surface area contributed by atoms with Crippen LogP contribution in [-0.2, 0) is 16.0 Å². The van der Waals surface area contributed by atoms with E-state index in [2.05, 4.69) is 5.32 Å². The number of aryl methyl sites for hydroxylation is 1. The lowest BCUT2D eigenvalue weighted by atomic mass is 10.1. The second-order valence-corrected chi connectivity index (χ2v) is 6.88. The Bertz CT molecular complexity index is 1060. The van der Waals surface area contributed by atoms with E-state index in [0.29, 0.717) is 48.8 Å². The van der Waals surface area contributed by atoms with Crippen molar-refractivity contribution in [2.24, 2.45) is 0 Å². The van der Waals surface area contributed by atoms with Crippen LogP contribution in [0, 0.1) is 6.92 Å². The van der Waals surface area contributed by atoms with Crippen LogP contribution in [0.4, 0.5) is 0 Å². The Balaban J connectivity index is 1.48. The number of benzene rings is 2. The number of hydrogen-bond donors (Lipinski definition) is 1. The summed E-state index contributed by atoms with van der Waals surface area (Å²) in [5.74, 6) is 0.467. The predicted molar refractivity (Wildman–Crippen MR) is 117 cm³/mol. The molecule has 0 saturated heterocycles. The molecule has 0 unspecified atom stereocenters. The molecule has 31 heavy (non-hydrogen) atoms. The van der Waals surface area contributed by atoms with Crippen LogP contribution in [0.2, 0.25) is 0 Å². The lowest BCUT2D eigenvalue weighted by molar-refractivity contribution is -0.124. The van der Waals surface area contributed by atoms with Crippen molar-refractivity contribution in [3.05, 3.63) is 59.4 Å². The quantitative estimate of drug-likeness (QED) is 0.493. The second-order valence-electron chi connectivity index (χ2n) is 6.88. The van der Waals surface area contributed by atoms with Gasteiger partial charge in [0, 0.05) is 17.5 Å². The highest BCUT2D eigenvalue weighted by Crippen LogP contribution is 2.28. The van der Waals surface area contributed by atoms with Crippen molar-refractivity contribution < 1.29 is 28.2 Å². The zero-order valence-corrected chi connectivity index (χ0v) is 18.0. The third-order valence-electron chi connectivity index (χ3n) is 4.71. The van der Waals surface area contributed by atoms with Crippen LogP contribution in [0.1, 0.15) is 35.5 Å². The van der Waals surface area contributed by atoms with Crippen LogP contribution in [0.15, 0.2) is 46.9 Å². The van der Waals surface area contributed by atoms with Crippen LogP contribution < -0.4 is 14.8 Å². The number of furan rings is 1. The molecule has 0 spiro atoms. The number of hydrogen-bond acceptors (Lipinski definition) is 6. The first kappa shape index (κ1) is 22.2. The van der Waals surface area contributed by atoms with Crippen LogP contribution in [0.3, 0.4) is 0 Å². The van der Waals surface area contributed by atoms with E-state index in [4.69, 9.17) is 18.6 Å². The highest BCUT2D eigenvalue weighted by molar-refractivity contribution is 5.96. The number of esters is 1. The van der Waals surface area contributed by atoms with Crippen molar-refractivity contribution in [3.63, 3.8) is 0 Å². The minimum Gasteiger partial charge on any atom is -0.490 e. The molecule has 7 heteroatoms. The molecule has 0 aliphatic rings. The average Bonchev–Trinajstić information content (AvgIpc) is 3.11. The van der Waals surface area contributed by atoms with Gasteiger partial charge < -0.3 is 23.9 Å². The molecule has 1 heterocycles. The number of amides is 1. The third-order valence-corrected chi connectivity index (χ3v) is 4.71. The smallest absolute Gasteiger partial charge is 0.375 e. The molecular formula is C24H27NO6. The minimum absolute atomic E-state index is 0.117. The summed E-state index contributed by atoms with van der Waals surface area (Å²) in [5.41, 5.74) is 2.31. The first-order valence-electron chi connectivity index (χ1n) is 10.3. The molecule has 0 radical (unpaired) electrons. The van der Waals surface area contributed by atoms with E-state index < -0.39 is 5.97 Å². The molecule has 3 aromatic rings. The fraction of sp³-hybridized carbons (Fsp3) is 0.333. The first-order chi connectivity index (χ1) is 15.0. The maximum Gasteiger partial charge on any atom is 0.375 e. The van der Waals surface area contributed by atoms with Gasteiger partial charge in [0.15, 0.2) is 18.1 Å². The highest BCUT2D eigenvalue weighted by Gasteiger charge is 2.19. The summed E-state index contributed by atoms with van der Waals surface area (Å²) < 4.78 is 21.8. The predicted octanol–water partition coefficient (Wildman–Crippen LogP) is 4.05. The van der Waals surface area contributed by atoms with E-state index in [0.717, 1.165) is 10.9 Å². The number of para-hydroxylation sites is 1. The normalized spacial score (nSPS) is 10.7. The maximum atomic E-state index is 12.3. The molecule has 164 valence electrons. The molecule has 0 aliphatic carbocycles. The van der Waals surface area contributed by atoms with Gasteiger partial charge in [0.2, 0.25) is 5.76 Å². The summed E-state index contributed by atoms with van der Waals surface area (Å²) in [5, 5.41) is 3.60. The summed E-state index contributed by atoms with van der Waals surface area (Å²) in [4.78, 5) is 24.4. The maximum absolute atomic E-state index is 12.3. The van der Waals surface area contributed by atoms with Gasteiger partial charge in [-0.25, -0.2) is 4.79 Å². The molecule has 1 N–H and O–H groups in total. The molecule has 0 bridgehead atoms. The molecular weight excluding hydrogens is 398 g/mol. The van der Waals surface area contributed by atoms with E-state index in [1.807, 2.05) is 50.2 Å². The summed E-state index contributed by atoms with van der Waals surface area (Å²) in [7, 11) is 0. The van der Waals surface area contributed by atoms with Crippen molar-refractivity contribution in [2.45, 2.75) is 27.2 Å². The van der Waals surface area contributed by atoms with Crippen molar-refractivity contribution in [2.75, 3.05) is 26.4 Å². The van der Waals surface area contributed by atoms with Crippen LogP contribution in [-0.4, -0.2) is 38.2 Å². The number of rotatable bonds is 10. The number of ether oxygens (including phenoxy) is 3. The van der Waals surface area contributed by atoms with Gasteiger partial charge >= 0.3 is 5.97 Å². The largest absolute Gasteiger partial charge is 0.490 e. The lowest BCUT2D eigenvalue weighted by Crippen LogP contribution is -2.30. The molecule has 0 saturated carbocycles. The van der Waals surface area contributed by atoms with E-state index >= 15 is 0 Å². The molecule has 3 rings (SSSR count). The van der Waals surface area contributed by atoms with Crippen molar-refractivity contribution in [3.8, 4) is 11.5 Å². The Morgan fingerprint density at radius 1 is 1.00 bits per heavy atom. The molecule has 1 aromatic heterocycles. The SMILES string of the molecule is CCOc1ccc(CCNC(=O)COC(=O)c2oc3ccccc3c2C)cc1OCC. The Morgan fingerprint density at radius 3 is 2.48 bits per heavy atom. The van der Waals surface area contributed by atoms with Crippen LogP contribution in [0.25, 0.3) is 11.0 Å². The summed E-state index contributed by atoms with van der Waals surface area (Å²) in [6.07, 6.45) is 0.606. The van der Waals surface area contributed by atoms with Crippen LogP contribution in [0.5, 0.6) is 11.5 Å². The van der Waals surface area contributed by atoms with Gasteiger partial charge in [-0.3, -0.25) is 4.79 Å². The molecule has 1 amide bonds. The standard InChI is InChI=1S/C24H27NO6/c1-4-28-20-11-10-17(14-21(20)29-5-2)12-13-25-22(26)15-30-24(27)23-16(3)18-8-6-7-9-19(18)31-23/h6-11,14H,4-5,12-13,15H2,1-3H3,(H,25,26). The van der Waals surface area contributed by atoms with E-state index in [-0.39, 0.29) is 18.3 Å². The Labute approximate surface area is 181 Å². The molecule has 0 aliphatic heterocycles. The van der Waals surface area contributed by atoms with Gasteiger partial charge in [0.05, 0.1) is 13.2 Å². The fourth-order valence-corrected chi connectivity index (χ4v) is 3.21. The fourth-order valence-electron chi connectivity index (χ4n) is 3.21. The molecule has 0 atom stereocenters. The topological polar surface area (TPSA) is 87.0 Å². The number of nitrogens with one attached hydrogen (secondary N) is 1. The third kappa shape index (κ3) is 5.57. The van der Waals surface area contributed by atoms with Gasteiger partial charge in [-0.2, -0.15) is 0 Å². The van der Waals surface area contributed by atoms with Crippen molar-refractivity contribution in [1.82, 2.24) is 5.32 Å². The summed E-state index contributed by atoms with van der Waals surface area (Å²) in [6, 6.07) is 13.1. The van der Waals surface area contributed by atoms with Gasteiger partial charge in [-0.05, 0) is 51.0 Å². The zero-order valence-electron chi connectivity index (χ0n) is 18.0. The lowest BCUT2D eigenvalue weighted by Gasteiger charge is -2.12. The van der Waals surface area contributed by atoms with E-state index in [9.17, 15) is 9.59 Å². The Kier molecular flexibility index (Phi) is 7.54. The van der Waals surface area contributed by atoms with Gasteiger partial charge in [0.1, 0.15) is 5.58 Å². The van der Waals surface area contributed by atoms with Crippen molar-refractivity contribution >= 4 is 22.8 Å². The van der Waals surface area contributed by atoms with Crippen LogP contribution >= 0.6 is 0 Å².